The Hall–Kier alpha value is -2.82. The zero-order valence-electron chi connectivity index (χ0n) is 15.9. The van der Waals surface area contributed by atoms with E-state index in [0.717, 1.165) is 47.6 Å². The van der Waals surface area contributed by atoms with Gasteiger partial charge in [0.15, 0.2) is 6.61 Å². The fourth-order valence-electron chi connectivity index (χ4n) is 3.78. The van der Waals surface area contributed by atoms with Crippen LogP contribution in [0.25, 0.3) is 11.0 Å². The van der Waals surface area contributed by atoms with Gasteiger partial charge in [0.25, 0.3) is 5.91 Å². The van der Waals surface area contributed by atoms with Crippen molar-refractivity contribution >= 4 is 16.9 Å². The number of likely N-dealkylation sites (tertiary alicyclic amines) is 1. The molecule has 0 saturated carbocycles. The summed E-state index contributed by atoms with van der Waals surface area (Å²) in [6, 6.07) is 14.1. The summed E-state index contributed by atoms with van der Waals surface area (Å²) in [6.45, 7) is 5.61. The van der Waals surface area contributed by atoms with Crippen LogP contribution in [0, 0.1) is 13.8 Å². The molecule has 1 aromatic heterocycles. The average molecular weight is 363 g/mol. The average Bonchev–Trinajstić information content (AvgIpc) is 3.11. The third-order valence-corrected chi connectivity index (χ3v) is 5.25. The Labute approximate surface area is 159 Å². The quantitative estimate of drug-likeness (QED) is 0.763. The van der Waals surface area contributed by atoms with Gasteiger partial charge in [0.1, 0.15) is 11.6 Å². The largest absolute Gasteiger partial charge is 0.484 e. The van der Waals surface area contributed by atoms with E-state index < -0.39 is 0 Å². The molecular formula is C22H25N3O2. The van der Waals surface area contributed by atoms with Gasteiger partial charge in [-0.25, -0.2) is 4.98 Å². The van der Waals surface area contributed by atoms with Gasteiger partial charge < -0.3 is 14.6 Å². The summed E-state index contributed by atoms with van der Waals surface area (Å²) in [4.78, 5) is 22.7. The summed E-state index contributed by atoms with van der Waals surface area (Å²) in [7, 11) is 0. The number of ether oxygens (including phenoxy) is 1. The first-order valence-corrected chi connectivity index (χ1v) is 9.52. The van der Waals surface area contributed by atoms with Crippen molar-refractivity contribution < 1.29 is 9.53 Å². The second-order valence-corrected chi connectivity index (χ2v) is 7.38. The Bertz CT molecular complexity index is 930. The number of H-pyrrole nitrogens is 1. The van der Waals surface area contributed by atoms with Crippen molar-refractivity contribution in [1.82, 2.24) is 14.9 Å². The lowest BCUT2D eigenvalue weighted by molar-refractivity contribution is -0.134. The first-order valence-electron chi connectivity index (χ1n) is 9.52. The van der Waals surface area contributed by atoms with Crippen LogP contribution in [0.15, 0.2) is 42.5 Å². The number of amides is 1. The molecule has 1 aliphatic heterocycles. The molecule has 1 amide bonds. The minimum atomic E-state index is 0.0378. The number of aryl methyl sites for hydroxylation is 2. The van der Waals surface area contributed by atoms with Crippen molar-refractivity contribution in [3.8, 4) is 5.75 Å². The lowest BCUT2D eigenvalue weighted by atomic mass is 9.97. The molecule has 4 rings (SSSR count). The van der Waals surface area contributed by atoms with Crippen LogP contribution in [-0.2, 0) is 4.79 Å². The highest BCUT2D eigenvalue weighted by molar-refractivity contribution is 5.78. The van der Waals surface area contributed by atoms with E-state index in [0.29, 0.717) is 6.54 Å². The van der Waals surface area contributed by atoms with Crippen molar-refractivity contribution in [2.75, 3.05) is 19.7 Å². The molecule has 140 valence electrons. The summed E-state index contributed by atoms with van der Waals surface area (Å²) in [5, 5.41) is 0. The number of imidazole rings is 1. The third-order valence-electron chi connectivity index (χ3n) is 5.25. The highest BCUT2D eigenvalue weighted by atomic mass is 16.5. The van der Waals surface area contributed by atoms with Crippen molar-refractivity contribution in [3.05, 3.63) is 59.4 Å². The fourth-order valence-corrected chi connectivity index (χ4v) is 3.78. The van der Waals surface area contributed by atoms with Gasteiger partial charge in [-0.05, 0) is 50.5 Å². The number of aromatic nitrogens is 2. The third kappa shape index (κ3) is 3.82. The number of aromatic amines is 1. The molecule has 1 aliphatic rings. The predicted molar refractivity (Wildman–Crippen MR) is 106 cm³/mol. The normalized spacial score (nSPS) is 17.3. The van der Waals surface area contributed by atoms with Crippen molar-refractivity contribution in [2.45, 2.75) is 32.6 Å². The zero-order valence-corrected chi connectivity index (χ0v) is 15.9. The summed E-state index contributed by atoms with van der Waals surface area (Å²) in [5.41, 5.74) is 4.28. The number of fused-ring (bicyclic) bond motifs is 1. The lowest BCUT2D eigenvalue weighted by Gasteiger charge is -2.31. The minimum absolute atomic E-state index is 0.0378. The van der Waals surface area contributed by atoms with Crippen molar-refractivity contribution in [1.29, 1.82) is 0 Å². The molecule has 1 fully saturated rings. The number of carbonyl (C=O) groups excluding carboxylic acids is 1. The first-order chi connectivity index (χ1) is 13.1. The molecule has 1 N–H and O–H groups in total. The number of nitrogens with one attached hydrogen (secondary N) is 1. The highest BCUT2D eigenvalue weighted by Gasteiger charge is 2.27. The van der Waals surface area contributed by atoms with Gasteiger partial charge in [0.05, 0.1) is 11.0 Å². The molecule has 27 heavy (non-hydrogen) atoms. The van der Waals surface area contributed by atoms with E-state index in [9.17, 15) is 4.79 Å². The van der Waals surface area contributed by atoms with Crippen LogP contribution in [0.4, 0.5) is 0 Å². The Morgan fingerprint density at radius 2 is 2.11 bits per heavy atom. The number of nitrogens with zero attached hydrogens (tertiary/aromatic N) is 2. The van der Waals surface area contributed by atoms with Gasteiger partial charge in [-0.15, -0.1) is 0 Å². The van der Waals surface area contributed by atoms with Crippen LogP contribution in [-0.4, -0.2) is 40.5 Å². The molecule has 1 saturated heterocycles. The van der Waals surface area contributed by atoms with E-state index in [1.807, 2.05) is 55.1 Å². The van der Waals surface area contributed by atoms with Crippen LogP contribution in [0.2, 0.25) is 0 Å². The van der Waals surface area contributed by atoms with Crippen LogP contribution in [0.1, 0.15) is 35.7 Å². The Kier molecular flexibility index (Phi) is 4.84. The molecule has 2 aromatic carbocycles. The van der Waals surface area contributed by atoms with Gasteiger partial charge in [-0.1, -0.05) is 29.8 Å². The molecule has 5 heteroatoms. The Morgan fingerprint density at radius 1 is 1.26 bits per heavy atom. The molecule has 3 aromatic rings. The predicted octanol–water partition coefficient (Wildman–Crippen LogP) is 3.96. The maximum Gasteiger partial charge on any atom is 0.260 e. The maximum atomic E-state index is 12.7. The van der Waals surface area contributed by atoms with Gasteiger partial charge in [-0.2, -0.15) is 0 Å². The highest BCUT2D eigenvalue weighted by Crippen LogP contribution is 2.27. The first kappa shape index (κ1) is 17.6. The van der Waals surface area contributed by atoms with Gasteiger partial charge in [0.2, 0.25) is 0 Å². The molecule has 0 bridgehead atoms. The monoisotopic (exact) mass is 363 g/mol. The minimum Gasteiger partial charge on any atom is -0.484 e. The fraction of sp³-hybridized carbons (Fsp3) is 0.364. The number of benzene rings is 2. The zero-order chi connectivity index (χ0) is 18.8. The van der Waals surface area contributed by atoms with E-state index in [4.69, 9.17) is 9.72 Å². The second kappa shape index (κ2) is 7.43. The van der Waals surface area contributed by atoms with E-state index >= 15 is 0 Å². The van der Waals surface area contributed by atoms with E-state index in [2.05, 4.69) is 11.1 Å². The van der Waals surface area contributed by atoms with Gasteiger partial charge >= 0.3 is 0 Å². The lowest BCUT2D eigenvalue weighted by Crippen LogP contribution is -2.41. The SMILES string of the molecule is Cc1ccc(OCC(=O)N2CCCC(c3nc4ccccc4[nH]3)C2)c(C)c1. The van der Waals surface area contributed by atoms with Crippen molar-refractivity contribution in [2.24, 2.45) is 0 Å². The number of carbonyl (C=O) groups is 1. The van der Waals surface area contributed by atoms with Crippen LogP contribution in [0.5, 0.6) is 5.75 Å². The number of para-hydroxylation sites is 2. The molecule has 0 radical (unpaired) electrons. The van der Waals surface area contributed by atoms with E-state index in [1.54, 1.807) is 0 Å². The summed E-state index contributed by atoms with van der Waals surface area (Å²) >= 11 is 0. The summed E-state index contributed by atoms with van der Waals surface area (Å²) in [5.74, 6) is 2.04. The Morgan fingerprint density at radius 3 is 2.93 bits per heavy atom. The van der Waals surface area contributed by atoms with Crippen LogP contribution in [0.3, 0.4) is 0 Å². The van der Waals surface area contributed by atoms with E-state index in [1.165, 1.54) is 5.56 Å². The molecule has 2 heterocycles. The molecule has 1 atom stereocenters. The van der Waals surface area contributed by atoms with Crippen LogP contribution < -0.4 is 4.74 Å². The number of piperidine rings is 1. The van der Waals surface area contributed by atoms with Crippen LogP contribution >= 0.6 is 0 Å². The maximum absolute atomic E-state index is 12.7. The molecule has 0 spiro atoms. The summed E-state index contributed by atoms with van der Waals surface area (Å²) < 4.78 is 5.78. The summed E-state index contributed by atoms with van der Waals surface area (Å²) in [6.07, 6.45) is 2.03. The Balaban J connectivity index is 1.40. The number of hydrogen-bond donors (Lipinski definition) is 1. The number of rotatable bonds is 4. The topological polar surface area (TPSA) is 58.2 Å². The smallest absolute Gasteiger partial charge is 0.260 e. The number of hydrogen-bond acceptors (Lipinski definition) is 3. The molecule has 1 unspecified atom stereocenters. The van der Waals surface area contributed by atoms with Gasteiger partial charge in [-0.3, -0.25) is 4.79 Å². The molecule has 5 nitrogen and oxygen atoms in total. The van der Waals surface area contributed by atoms with Gasteiger partial charge in [0, 0.05) is 19.0 Å². The standard InChI is InChI=1S/C22H25N3O2/c1-15-9-10-20(16(2)12-15)27-14-21(26)25-11-5-6-17(13-25)22-23-18-7-3-4-8-19(18)24-22/h3-4,7-10,12,17H,5-6,11,13-14H2,1-2H3,(H,23,24). The van der Waals surface area contributed by atoms with Crippen molar-refractivity contribution in [3.63, 3.8) is 0 Å². The molecular weight excluding hydrogens is 338 g/mol. The molecule has 0 aliphatic carbocycles. The van der Waals surface area contributed by atoms with E-state index in [-0.39, 0.29) is 18.4 Å². The second-order valence-electron chi connectivity index (χ2n) is 7.38.